The van der Waals surface area contributed by atoms with Gasteiger partial charge in [-0.25, -0.2) is 22.6 Å². The minimum atomic E-state index is -3.41. The maximum Gasteiger partial charge on any atom is 0.235 e. The van der Waals surface area contributed by atoms with Crippen LogP contribution in [-0.2, 0) is 14.8 Å². The van der Waals surface area contributed by atoms with Crippen LogP contribution in [0.5, 0.6) is 5.75 Å². The monoisotopic (exact) mass is 603 g/mol. The molecule has 4 aromatic heterocycles. The minimum Gasteiger partial charge on any atom is -0.494 e. The van der Waals surface area contributed by atoms with Gasteiger partial charge in [-0.05, 0) is 50.1 Å². The normalized spacial score (nSPS) is 16.1. The van der Waals surface area contributed by atoms with Crippen molar-refractivity contribution in [2.75, 3.05) is 56.5 Å². The van der Waals surface area contributed by atoms with Gasteiger partial charge in [0.15, 0.2) is 11.5 Å². The summed E-state index contributed by atoms with van der Waals surface area (Å²) in [6.07, 6.45) is 9.46. The van der Waals surface area contributed by atoms with E-state index < -0.39 is 10.0 Å². The van der Waals surface area contributed by atoms with E-state index in [2.05, 4.69) is 25.0 Å². The van der Waals surface area contributed by atoms with E-state index in [1.54, 1.807) is 36.2 Å². The van der Waals surface area contributed by atoms with Crippen LogP contribution in [0.1, 0.15) is 19.3 Å². The molecule has 5 heterocycles. The van der Waals surface area contributed by atoms with Gasteiger partial charge in [0, 0.05) is 44.3 Å². The lowest BCUT2D eigenvalue weighted by Gasteiger charge is -2.26. The average Bonchev–Trinajstić information content (AvgIpc) is 3.73. The molecular weight excluding hydrogens is 570 g/mol. The molecule has 0 radical (unpaired) electrons. The zero-order valence-electron chi connectivity index (χ0n) is 23.8. The summed E-state index contributed by atoms with van der Waals surface area (Å²) in [6.45, 7) is 5.18. The molecule has 13 nitrogen and oxygen atoms in total. The summed E-state index contributed by atoms with van der Waals surface area (Å²) in [5, 5.41) is 13.4. The zero-order valence-corrected chi connectivity index (χ0v) is 24.6. The number of nitrogens with one attached hydrogen (secondary N) is 2. The third kappa shape index (κ3) is 5.60. The predicted molar refractivity (Wildman–Crippen MR) is 163 cm³/mol. The molecule has 1 aliphatic carbocycles. The van der Waals surface area contributed by atoms with Crippen molar-refractivity contribution in [1.82, 2.24) is 34.3 Å². The summed E-state index contributed by atoms with van der Waals surface area (Å²) >= 11 is 0. The number of fused-ring (bicyclic) bond motifs is 2. The fourth-order valence-electron chi connectivity index (χ4n) is 5.36. The molecule has 1 saturated heterocycles. The zero-order chi connectivity index (χ0) is 29.4. The number of sulfonamides is 1. The van der Waals surface area contributed by atoms with E-state index in [1.165, 1.54) is 0 Å². The molecule has 0 unspecified atom stereocenters. The Morgan fingerprint density at radius 2 is 1.98 bits per heavy atom. The number of hydrogen-bond acceptors (Lipinski definition) is 10. The van der Waals surface area contributed by atoms with E-state index in [4.69, 9.17) is 19.6 Å². The summed E-state index contributed by atoms with van der Waals surface area (Å²) < 4.78 is 42.5. The topological polar surface area (TPSA) is 141 Å². The number of nitrogens with zero attached hydrogens (tertiary/aromatic N) is 7. The van der Waals surface area contributed by atoms with Crippen LogP contribution in [0.3, 0.4) is 0 Å². The molecular formula is C29H33N9O4S. The van der Waals surface area contributed by atoms with Crippen LogP contribution in [0.2, 0.25) is 0 Å². The van der Waals surface area contributed by atoms with Gasteiger partial charge in [-0.1, -0.05) is 0 Å². The Balaban J connectivity index is 1.24. The maximum absolute atomic E-state index is 12.6. The van der Waals surface area contributed by atoms with E-state index >= 15 is 0 Å². The first-order chi connectivity index (χ1) is 21.0. The van der Waals surface area contributed by atoms with E-state index in [9.17, 15) is 8.42 Å². The van der Waals surface area contributed by atoms with E-state index in [0.29, 0.717) is 47.1 Å². The van der Waals surface area contributed by atoms with Gasteiger partial charge in [0.1, 0.15) is 11.4 Å². The summed E-state index contributed by atoms with van der Waals surface area (Å²) in [7, 11) is -1.85. The number of rotatable bonds is 11. The molecule has 0 atom stereocenters. The molecule has 2 aliphatic rings. The van der Waals surface area contributed by atoms with Gasteiger partial charge in [-0.3, -0.25) is 14.6 Å². The van der Waals surface area contributed by atoms with Crippen LogP contribution in [-0.4, -0.2) is 94.4 Å². The van der Waals surface area contributed by atoms with Crippen molar-refractivity contribution >= 4 is 38.1 Å². The van der Waals surface area contributed by atoms with E-state index in [-0.39, 0.29) is 5.25 Å². The third-order valence-electron chi connectivity index (χ3n) is 7.80. The Morgan fingerprint density at radius 3 is 2.79 bits per heavy atom. The summed E-state index contributed by atoms with van der Waals surface area (Å²) in [5.74, 6) is 1.19. The quantitative estimate of drug-likeness (QED) is 0.216. The van der Waals surface area contributed by atoms with E-state index in [1.807, 2.05) is 35.3 Å². The van der Waals surface area contributed by atoms with Gasteiger partial charge in [-0.2, -0.15) is 5.10 Å². The maximum atomic E-state index is 12.6. The molecule has 5 aromatic rings. The third-order valence-corrected chi connectivity index (χ3v) is 9.67. The molecule has 1 aliphatic heterocycles. The minimum absolute atomic E-state index is 0.328. The number of benzene rings is 1. The van der Waals surface area contributed by atoms with Crippen LogP contribution in [0.4, 0.5) is 11.5 Å². The lowest BCUT2D eigenvalue weighted by molar-refractivity contribution is 0.0378. The Bertz CT molecular complexity index is 1880. The number of anilines is 2. The van der Waals surface area contributed by atoms with Crippen molar-refractivity contribution < 1.29 is 17.9 Å². The fraction of sp³-hybridized carbons (Fsp3) is 0.379. The second-order valence-electron chi connectivity index (χ2n) is 10.8. The van der Waals surface area contributed by atoms with Crippen molar-refractivity contribution in [2.45, 2.75) is 24.5 Å². The first-order valence-corrected chi connectivity index (χ1v) is 16.0. The summed E-state index contributed by atoms with van der Waals surface area (Å²) in [4.78, 5) is 11.7. The molecule has 2 fully saturated rings. The number of hydrogen-bond donors (Lipinski definition) is 2. The second-order valence-corrected chi connectivity index (χ2v) is 12.7. The first-order valence-electron chi connectivity index (χ1n) is 14.4. The van der Waals surface area contributed by atoms with Crippen molar-refractivity contribution in [1.29, 1.82) is 0 Å². The first kappa shape index (κ1) is 27.6. The van der Waals surface area contributed by atoms with Crippen molar-refractivity contribution in [3.05, 3.63) is 55.1 Å². The van der Waals surface area contributed by atoms with Crippen LogP contribution in [0.25, 0.3) is 33.5 Å². The highest BCUT2D eigenvalue weighted by molar-refractivity contribution is 7.93. The number of methoxy groups -OCH3 is 1. The molecule has 43 heavy (non-hydrogen) atoms. The van der Waals surface area contributed by atoms with Gasteiger partial charge < -0.3 is 14.8 Å². The number of ether oxygens (including phenoxy) is 2. The molecule has 7 rings (SSSR count). The van der Waals surface area contributed by atoms with Crippen LogP contribution in [0, 0.1) is 0 Å². The highest BCUT2D eigenvalue weighted by atomic mass is 32.2. The largest absolute Gasteiger partial charge is 0.494 e. The Labute approximate surface area is 248 Å². The second kappa shape index (κ2) is 11.4. The highest BCUT2D eigenvalue weighted by Gasteiger charge is 2.35. The highest BCUT2D eigenvalue weighted by Crippen LogP contribution is 2.35. The Kier molecular flexibility index (Phi) is 7.33. The van der Waals surface area contributed by atoms with Gasteiger partial charge in [0.05, 0.1) is 59.6 Å². The fourth-order valence-corrected chi connectivity index (χ4v) is 6.73. The smallest absolute Gasteiger partial charge is 0.235 e. The molecule has 14 heteroatoms. The Morgan fingerprint density at radius 1 is 1.12 bits per heavy atom. The average molecular weight is 604 g/mol. The molecule has 0 spiro atoms. The Hall–Kier alpha value is -4.27. The number of morpholine rings is 1. The SMILES string of the molecule is COc1cc(NS(=O)(=O)C2CC2)ccc1-n1nc(NCCCN2CCOCC2)c2cnc(-c3cnn4cccnc34)cc21. The molecule has 2 N–H and O–H groups in total. The standard InChI is InChI=1S/C29H33N9O4S/c1-41-27-16-20(35-43(39,40)21-5-6-21)4-7-25(27)38-26-17-24(22-19-33-37-11-3-9-31-29(22)37)32-18-23(26)28(34-38)30-8-2-10-36-12-14-42-15-13-36/h3-4,7,9,11,16-19,21,35H,2,5-6,8,10,12-15H2,1H3,(H,30,34). The molecule has 0 bridgehead atoms. The van der Waals surface area contributed by atoms with Gasteiger partial charge in [-0.15, -0.1) is 5.10 Å². The molecule has 1 saturated carbocycles. The summed E-state index contributed by atoms with van der Waals surface area (Å²) in [5.41, 5.74) is 4.12. The van der Waals surface area contributed by atoms with Crippen molar-refractivity contribution in [3.63, 3.8) is 0 Å². The van der Waals surface area contributed by atoms with Crippen LogP contribution in [0.15, 0.2) is 55.1 Å². The summed E-state index contributed by atoms with van der Waals surface area (Å²) in [6, 6.07) is 9.03. The lowest BCUT2D eigenvalue weighted by atomic mass is 10.2. The van der Waals surface area contributed by atoms with Crippen LogP contribution < -0.4 is 14.8 Å². The van der Waals surface area contributed by atoms with E-state index in [0.717, 1.165) is 62.3 Å². The molecule has 224 valence electrons. The van der Waals surface area contributed by atoms with Gasteiger partial charge in [0.25, 0.3) is 0 Å². The molecule has 1 aromatic carbocycles. The van der Waals surface area contributed by atoms with Gasteiger partial charge >= 0.3 is 0 Å². The molecule has 0 amide bonds. The number of aromatic nitrogens is 6. The number of pyridine rings is 1. The van der Waals surface area contributed by atoms with Crippen molar-refractivity contribution in [2.24, 2.45) is 0 Å². The van der Waals surface area contributed by atoms with Gasteiger partial charge in [0.2, 0.25) is 10.0 Å². The lowest BCUT2D eigenvalue weighted by Crippen LogP contribution is -2.37. The van der Waals surface area contributed by atoms with Crippen molar-refractivity contribution in [3.8, 4) is 22.7 Å². The predicted octanol–water partition coefficient (Wildman–Crippen LogP) is 3.18. The van der Waals surface area contributed by atoms with Crippen LogP contribution >= 0.6 is 0 Å².